The summed E-state index contributed by atoms with van der Waals surface area (Å²) in [5.74, 6) is 0.934. The first kappa shape index (κ1) is 16.5. The summed E-state index contributed by atoms with van der Waals surface area (Å²) in [6.07, 6.45) is 0. The van der Waals surface area contributed by atoms with Gasteiger partial charge in [0.1, 0.15) is 5.75 Å². The fourth-order valence-electron chi connectivity index (χ4n) is 1.75. The Kier molecular flexibility index (Phi) is 5.22. The summed E-state index contributed by atoms with van der Waals surface area (Å²) in [6.45, 7) is 0.0250. The van der Waals surface area contributed by atoms with Gasteiger partial charge in [0, 0.05) is 18.1 Å². The molecular weight excluding hydrogens is 328 g/mol. The third-order valence-corrected chi connectivity index (χ3v) is 5.16. The number of benzene rings is 1. The van der Waals surface area contributed by atoms with Crippen LogP contribution in [-0.4, -0.2) is 34.1 Å². The molecular formula is C13H16N2O5S2. The highest BCUT2D eigenvalue weighted by atomic mass is 32.2. The minimum absolute atomic E-state index is 0.0250. The summed E-state index contributed by atoms with van der Waals surface area (Å²) in [6, 6.07) is 6.12. The predicted molar refractivity (Wildman–Crippen MR) is 82.2 cm³/mol. The molecule has 1 N–H and O–H groups in total. The van der Waals surface area contributed by atoms with Crippen LogP contribution in [0.2, 0.25) is 0 Å². The zero-order chi connectivity index (χ0) is 16.2. The quantitative estimate of drug-likeness (QED) is 0.822. The molecule has 0 amide bonds. The maximum atomic E-state index is 12.3. The van der Waals surface area contributed by atoms with Crippen LogP contribution in [0.15, 0.2) is 29.2 Å². The third kappa shape index (κ3) is 3.49. The lowest BCUT2D eigenvalue weighted by atomic mass is 10.3. The van der Waals surface area contributed by atoms with Crippen molar-refractivity contribution in [2.24, 2.45) is 0 Å². The SMILES string of the molecule is COc1ccc(S(=O)(=O)NCc2c(OC)nsc2OC)cc1. The van der Waals surface area contributed by atoms with E-state index in [0.717, 1.165) is 11.5 Å². The number of hydrogen-bond donors (Lipinski definition) is 1. The average molecular weight is 344 g/mol. The zero-order valence-corrected chi connectivity index (χ0v) is 14.0. The Morgan fingerprint density at radius 2 is 1.77 bits per heavy atom. The van der Waals surface area contributed by atoms with Crippen molar-refractivity contribution >= 4 is 21.6 Å². The second-order valence-corrected chi connectivity index (χ2v) is 6.66. The van der Waals surface area contributed by atoms with E-state index in [1.807, 2.05) is 0 Å². The van der Waals surface area contributed by atoms with Crippen molar-refractivity contribution < 1.29 is 22.6 Å². The molecule has 120 valence electrons. The minimum atomic E-state index is -3.65. The van der Waals surface area contributed by atoms with Crippen LogP contribution in [-0.2, 0) is 16.6 Å². The van der Waals surface area contributed by atoms with Gasteiger partial charge in [-0.15, -0.1) is 0 Å². The second-order valence-electron chi connectivity index (χ2n) is 4.16. The van der Waals surface area contributed by atoms with E-state index in [1.54, 1.807) is 12.1 Å². The summed E-state index contributed by atoms with van der Waals surface area (Å²) < 4.78 is 46.4. The molecule has 0 saturated heterocycles. The van der Waals surface area contributed by atoms with Gasteiger partial charge in [0.25, 0.3) is 0 Å². The van der Waals surface area contributed by atoms with Crippen LogP contribution in [0.5, 0.6) is 16.7 Å². The number of aromatic nitrogens is 1. The van der Waals surface area contributed by atoms with Crippen molar-refractivity contribution in [2.45, 2.75) is 11.4 Å². The molecule has 1 aromatic heterocycles. The number of sulfonamides is 1. The summed E-state index contributed by atoms with van der Waals surface area (Å²) in [7, 11) is 0.829. The highest BCUT2D eigenvalue weighted by Gasteiger charge is 2.19. The van der Waals surface area contributed by atoms with Crippen molar-refractivity contribution in [3.8, 4) is 16.7 Å². The normalized spacial score (nSPS) is 11.2. The van der Waals surface area contributed by atoms with Gasteiger partial charge in [0.2, 0.25) is 21.0 Å². The van der Waals surface area contributed by atoms with Gasteiger partial charge in [-0.05, 0) is 24.3 Å². The fourth-order valence-corrected chi connectivity index (χ4v) is 3.44. The van der Waals surface area contributed by atoms with Crippen molar-refractivity contribution in [3.63, 3.8) is 0 Å². The second kappa shape index (κ2) is 6.95. The number of methoxy groups -OCH3 is 3. The van der Waals surface area contributed by atoms with Gasteiger partial charge >= 0.3 is 0 Å². The lowest BCUT2D eigenvalue weighted by molar-refractivity contribution is 0.387. The van der Waals surface area contributed by atoms with Crippen LogP contribution in [0.3, 0.4) is 0 Å². The maximum Gasteiger partial charge on any atom is 0.240 e. The van der Waals surface area contributed by atoms with Crippen molar-refractivity contribution in [3.05, 3.63) is 29.8 Å². The molecule has 0 atom stereocenters. The van der Waals surface area contributed by atoms with Gasteiger partial charge in [-0.2, -0.15) is 4.37 Å². The molecule has 1 heterocycles. The smallest absolute Gasteiger partial charge is 0.240 e. The summed E-state index contributed by atoms with van der Waals surface area (Å²) in [5, 5.41) is 0.509. The van der Waals surface area contributed by atoms with E-state index in [4.69, 9.17) is 14.2 Å². The third-order valence-electron chi connectivity index (χ3n) is 2.90. The zero-order valence-electron chi connectivity index (χ0n) is 12.3. The van der Waals surface area contributed by atoms with Gasteiger partial charge in [-0.1, -0.05) is 0 Å². The van der Waals surface area contributed by atoms with Crippen molar-refractivity contribution in [1.82, 2.24) is 9.10 Å². The van der Waals surface area contributed by atoms with Crippen LogP contribution in [0.4, 0.5) is 0 Å². The van der Waals surface area contributed by atoms with Crippen LogP contribution in [0, 0.1) is 0 Å². The van der Waals surface area contributed by atoms with E-state index in [1.165, 1.54) is 33.5 Å². The molecule has 0 aliphatic heterocycles. The number of nitrogens with zero attached hydrogens (tertiary/aromatic N) is 1. The molecule has 9 heteroatoms. The summed E-state index contributed by atoms with van der Waals surface area (Å²) in [4.78, 5) is 0.148. The largest absolute Gasteiger partial charge is 0.497 e. The number of ether oxygens (including phenoxy) is 3. The Labute approximate surface area is 133 Å². The highest BCUT2D eigenvalue weighted by Crippen LogP contribution is 2.32. The maximum absolute atomic E-state index is 12.3. The first-order chi connectivity index (χ1) is 10.5. The molecule has 2 rings (SSSR count). The predicted octanol–water partition coefficient (Wildman–Crippen LogP) is 1.65. The van der Waals surface area contributed by atoms with Crippen molar-refractivity contribution in [2.75, 3.05) is 21.3 Å². The monoisotopic (exact) mass is 344 g/mol. The van der Waals surface area contributed by atoms with E-state index in [9.17, 15) is 8.42 Å². The standard InChI is InChI=1S/C13H16N2O5S2/c1-18-9-4-6-10(7-5-9)22(16,17)14-8-11-12(19-2)15-21-13(11)20-3/h4-7,14H,8H2,1-3H3. The topological polar surface area (TPSA) is 86.8 Å². The van der Waals surface area contributed by atoms with Crippen LogP contribution in [0.1, 0.15) is 5.56 Å². The van der Waals surface area contributed by atoms with Gasteiger partial charge in [-0.25, -0.2) is 13.1 Å². The number of nitrogens with one attached hydrogen (secondary N) is 1. The molecule has 2 aromatic rings. The molecule has 0 saturated carbocycles. The van der Waals surface area contributed by atoms with Crippen molar-refractivity contribution in [1.29, 1.82) is 0 Å². The lowest BCUT2D eigenvalue weighted by Crippen LogP contribution is -2.23. The summed E-state index contributed by atoms with van der Waals surface area (Å²) in [5.41, 5.74) is 0.562. The van der Waals surface area contributed by atoms with E-state index in [2.05, 4.69) is 9.10 Å². The first-order valence-electron chi connectivity index (χ1n) is 6.22. The van der Waals surface area contributed by atoms with E-state index >= 15 is 0 Å². The number of hydrogen-bond acceptors (Lipinski definition) is 7. The minimum Gasteiger partial charge on any atom is -0.497 e. The number of rotatable bonds is 7. The fraction of sp³-hybridized carbons (Fsp3) is 0.308. The molecule has 7 nitrogen and oxygen atoms in total. The highest BCUT2D eigenvalue weighted by molar-refractivity contribution is 7.89. The molecule has 0 aliphatic rings. The van der Waals surface area contributed by atoms with E-state index in [-0.39, 0.29) is 11.4 Å². The van der Waals surface area contributed by atoms with E-state index in [0.29, 0.717) is 22.3 Å². The Hall–Kier alpha value is -1.84. The van der Waals surface area contributed by atoms with Crippen LogP contribution < -0.4 is 18.9 Å². The van der Waals surface area contributed by atoms with Gasteiger partial charge in [0.05, 0.1) is 31.8 Å². The van der Waals surface area contributed by atoms with Gasteiger partial charge < -0.3 is 14.2 Å². The van der Waals surface area contributed by atoms with E-state index < -0.39 is 10.0 Å². The Balaban J connectivity index is 2.17. The molecule has 0 aliphatic carbocycles. The molecule has 0 unspecified atom stereocenters. The van der Waals surface area contributed by atoms with Crippen LogP contribution >= 0.6 is 11.5 Å². The first-order valence-corrected chi connectivity index (χ1v) is 8.47. The molecule has 22 heavy (non-hydrogen) atoms. The molecule has 0 bridgehead atoms. The average Bonchev–Trinajstić information content (AvgIpc) is 2.95. The Bertz CT molecular complexity index is 704. The Morgan fingerprint density at radius 1 is 1.09 bits per heavy atom. The Morgan fingerprint density at radius 3 is 2.32 bits per heavy atom. The van der Waals surface area contributed by atoms with Crippen LogP contribution in [0.25, 0.3) is 0 Å². The van der Waals surface area contributed by atoms with Gasteiger partial charge in [-0.3, -0.25) is 0 Å². The molecule has 0 spiro atoms. The summed E-state index contributed by atoms with van der Waals surface area (Å²) >= 11 is 1.10. The molecule has 1 aromatic carbocycles. The molecule has 0 radical (unpaired) electrons. The van der Waals surface area contributed by atoms with Gasteiger partial charge in [0.15, 0.2) is 0 Å². The lowest BCUT2D eigenvalue weighted by Gasteiger charge is -2.08. The molecule has 0 fully saturated rings.